The van der Waals surface area contributed by atoms with E-state index in [-0.39, 0.29) is 12.0 Å². The lowest BCUT2D eigenvalue weighted by Gasteiger charge is -2.33. The fraction of sp³-hybridized carbons (Fsp3) is 0.583. The first-order chi connectivity index (χ1) is 8.31. The zero-order chi connectivity index (χ0) is 12.1. The van der Waals surface area contributed by atoms with Gasteiger partial charge >= 0.3 is 5.97 Å². The molecule has 0 aromatic carbocycles. The van der Waals surface area contributed by atoms with Crippen LogP contribution in [0.25, 0.3) is 0 Å². The molecular formula is C12H17NO3S. The third-order valence-electron chi connectivity index (χ3n) is 2.94. The van der Waals surface area contributed by atoms with E-state index < -0.39 is 0 Å². The lowest BCUT2D eigenvalue weighted by molar-refractivity contribution is -0.153. The van der Waals surface area contributed by atoms with Crippen molar-refractivity contribution in [1.29, 1.82) is 0 Å². The number of morpholine rings is 1. The van der Waals surface area contributed by atoms with Crippen LogP contribution >= 0.6 is 11.3 Å². The molecule has 0 spiro atoms. The quantitative estimate of drug-likeness (QED) is 0.757. The number of hydrogen-bond donors (Lipinski definition) is 0. The Morgan fingerprint density at radius 2 is 2.59 bits per heavy atom. The highest BCUT2D eigenvalue weighted by Gasteiger charge is 2.29. The number of nitrogens with zero attached hydrogens (tertiary/aromatic N) is 1. The van der Waals surface area contributed by atoms with Crippen molar-refractivity contribution in [2.75, 3.05) is 33.4 Å². The topological polar surface area (TPSA) is 38.8 Å². The molecule has 94 valence electrons. The van der Waals surface area contributed by atoms with E-state index in [4.69, 9.17) is 9.47 Å². The van der Waals surface area contributed by atoms with Gasteiger partial charge in [-0.25, -0.2) is 0 Å². The number of esters is 1. The summed E-state index contributed by atoms with van der Waals surface area (Å²) in [5.74, 6) is -0.198. The van der Waals surface area contributed by atoms with Crippen molar-refractivity contribution in [2.45, 2.75) is 12.5 Å². The van der Waals surface area contributed by atoms with Crippen molar-refractivity contribution in [3.8, 4) is 0 Å². The van der Waals surface area contributed by atoms with Crippen LogP contribution in [0.4, 0.5) is 0 Å². The van der Waals surface area contributed by atoms with Crippen molar-refractivity contribution in [3.63, 3.8) is 0 Å². The van der Waals surface area contributed by atoms with Crippen LogP contribution in [-0.4, -0.2) is 50.3 Å². The normalized spacial score (nSPS) is 21.4. The van der Waals surface area contributed by atoms with Crippen LogP contribution in [0.15, 0.2) is 17.5 Å². The second-order valence-corrected chi connectivity index (χ2v) is 5.01. The minimum Gasteiger partial charge on any atom is -0.468 e. The molecular weight excluding hydrogens is 238 g/mol. The Hall–Kier alpha value is -0.910. The van der Waals surface area contributed by atoms with Gasteiger partial charge in [0.1, 0.15) is 6.04 Å². The second kappa shape index (κ2) is 6.14. The van der Waals surface area contributed by atoms with Gasteiger partial charge in [0.2, 0.25) is 0 Å². The van der Waals surface area contributed by atoms with Crippen LogP contribution in [0, 0.1) is 0 Å². The zero-order valence-corrected chi connectivity index (χ0v) is 10.7. The van der Waals surface area contributed by atoms with Crippen LogP contribution in [0.1, 0.15) is 4.88 Å². The van der Waals surface area contributed by atoms with E-state index in [1.165, 1.54) is 12.0 Å². The number of carbonyl (C=O) groups is 1. The zero-order valence-electron chi connectivity index (χ0n) is 9.93. The first-order valence-electron chi connectivity index (χ1n) is 5.73. The summed E-state index contributed by atoms with van der Waals surface area (Å²) in [6.07, 6.45) is 0.977. The summed E-state index contributed by atoms with van der Waals surface area (Å²) in [6.45, 7) is 2.81. The molecule has 0 bridgehead atoms. The van der Waals surface area contributed by atoms with Crippen LogP contribution in [-0.2, 0) is 20.7 Å². The lowest BCUT2D eigenvalue weighted by atomic mass is 10.2. The van der Waals surface area contributed by atoms with E-state index in [1.807, 2.05) is 0 Å². The molecule has 1 atom stereocenters. The molecule has 1 aliphatic heterocycles. The van der Waals surface area contributed by atoms with Crippen LogP contribution in [0.5, 0.6) is 0 Å². The molecule has 0 aliphatic carbocycles. The summed E-state index contributed by atoms with van der Waals surface area (Å²) >= 11 is 1.75. The molecule has 4 nitrogen and oxygen atoms in total. The largest absolute Gasteiger partial charge is 0.468 e. The fourth-order valence-corrected chi connectivity index (χ4v) is 2.67. The predicted molar refractivity (Wildman–Crippen MR) is 66.2 cm³/mol. The van der Waals surface area contributed by atoms with E-state index in [1.54, 1.807) is 11.3 Å². The maximum atomic E-state index is 11.6. The molecule has 1 saturated heterocycles. The first-order valence-corrected chi connectivity index (χ1v) is 6.61. The van der Waals surface area contributed by atoms with Gasteiger partial charge in [-0.05, 0) is 17.9 Å². The van der Waals surface area contributed by atoms with Gasteiger partial charge in [-0.3, -0.25) is 9.69 Å². The van der Waals surface area contributed by atoms with E-state index in [9.17, 15) is 4.79 Å². The summed E-state index contributed by atoms with van der Waals surface area (Å²) in [7, 11) is 1.42. The molecule has 2 heterocycles. The van der Waals surface area contributed by atoms with Gasteiger partial charge in [0.05, 0.1) is 20.3 Å². The van der Waals surface area contributed by atoms with Gasteiger partial charge in [0, 0.05) is 18.0 Å². The van der Waals surface area contributed by atoms with Gasteiger partial charge in [-0.1, -0.05) is 6.07 Å². The van der Waals surface area contributed by atoms with Gasteiger partial charge < -0.3 is 9.47 Å². The van der Waals surface area contributed by atoms with E-state index in [0.29, 0.717) is 13.2 Å². The molecule has 0 saturated carbocycles. The molecule has 1 aliphatic rings. The summed E-state index contributed by atoms with van der Waals surface area (Å²) in [5.41, 5.74) is 0. The number of carbonyl (C=O) groups excluding carboxylic acids is 1. The van der Waals surface area contributed by atoms with E-state index in [0.717, 1.165) is 19.5 Å². The van der Waals surface area contributed by atoms with Gasteiger partial charge in [-0.2, -0.15) is 0 Å². The monoisotopic (exact) mass is 255 g/mol. The maximum absolute atomic E-state index is 11.6. The van der Waals surface area contributed by atoms with E-state index in [2.05, 4.69) is 22.4 Å². The van der Waals surface area contributed by atoms with Gasteiger partial charge in [-0.15, -0.1) is 11.3 Å². The van der Waals surface area contributed by atoms with Crippen LogP contribution in [0.2, 0.25) is 0 Å². The molecule has 0 amide bonds. The second-order valence-electron chi connectivity index (χ2n) is 3.98. The Morgan fingerprint density at radius 3 is 3.29 bits per heavy atom. The summed E-state index contributed by atoms with van der Waals surface area (Å²) in [6, 6.07) is 3.93. The molecule has 1 aromatic rings. The smallest absolute Gasteiger partial charge is 0.325 e. The SMILES string of the molecule is COC(=O)C1COCCN1CCc1cccs1. The predicted octanol–water partition coefficient (Wildman–Crippen LogP) is 1.16. The minimum atomic E-state index is -0.242. The molecule has 1 aromatic heterocycles. The van der Waals surface area contributed by atoms with Crippen LogP contribution < -0.4 is 0 Å². The Bertz CT molecular complexity index is 353. The first kappa shape index (κ1) is 12.5. The van der Waals surface area contributed by atoms with Gasteiger partial charge in [0.15, 0.2) is 0 Å². The lowest BCUT2D eigenvalue weighted by Crippen LogP contribution is -2.50. The van der Waals surface area contributed by atoms with Crippen molar-refractivity contribution in [2.24, 2.45) is 0 Å². The minimum absolute atomic E-state index is 0.198. The number of hydrogen-bond acceptors (Lipinski definition) is 5. The average molecular weight is 255 g/mol. The molecule has 17 heavy (non-hydrogen) atoms. The van der Waals surface area contributed by atoms with Gasteiger partial charge in [0.25, 0.3) is 0 Å². The maximum Gasteiger partial charge on any atom is 0.325 e. The summed E-state index contributed by atoms with van der Waals surface area (Å²) in [4.78, 5) is 15.1. The highest BCUT2D eigenvalue weighted by Crippen LogP contribution is 2.13. The Balaban J connectivity index is 1.90. The van der Waals surface area contributed by atoms with Crippen molar-refractivity contribution in [1.82, 2.24) is 4.90 Å². The molecule has 5 heteroatoms. The number of rotatable bonds is 4. The Kier molecular flexibility index (Phi) is 4.53. The fourth-order valence-electron chi connectivity index (χ4n) is 1.97. The Morgan fingerprint density at radius 1 is 1.71 bits per heavy atom. The number of thiophene rings is 1. The highest BCUT2D eigenvalue weighted by atomic mass is 32.1. The molecule has 1 unspecified atom stereocenters. The third-order valence-corrected chi connectivity index (χ3v) is 3.87. The standard InChI is InChI=1S/C12H17NO3S/c1-15-12(14)11-9-16-7-6-13(11)5-4-10-3-2-8-17-10/h2-3,8,11H,4-7,9H2,1H3. The van der Waals surface area contributed by atoms with Crippen LogP contribution in [0.3, 0.4) is 0 Å². The number of methoxy groups -OCH3 is 1. The van der Waals surface area contributed by atoms with E-state index >= 15 is 0 Å². The summed E-state index contributed by atoms with van der Waals surface area (Å²) in [5, 5.41) is 2.08. The molecule has 0 radical (unpaired) electrons. The molecule has 2 rings (SSSR count). The van der Waals surface area contributed by atoms with Crippen molar-refractivity contribution >= 4 is 17.3 Å². The third kappa shape index (κ3) is 3.28. The highest BCUT2D eigenvalue weighted by molar-refractivity contribution is 7.09. The van der Waals surface area contributed by atoms with Crippen molar-refractivity contribution < 1.29 is 14.3 Å². The van der Waals surface area contributed by atoms with Crippen molar-refractivity contribution in [3.05, 3.63) is 22.4 Å². The average Bonchev–Trinajstić information content (AvgIpc) is 2.89. The molecule has 1 fully saturated rings. The number of ether oxygens (including phenoxy) is 2. The Labute approximate surface area is 105 Å². The molecule has 0 N–H and O–H groups in total. The summed E-state index contributed by atoms with van der Waals surface area (Å²) < 4.78 is 10.1.